The number of amides is 1. The normalized spacial score (nSPS) is 10.8. The number of benzene rings is 1. The van der Waals surface area contributed by atoms with E-state index in [1.807, 2.05) is 52.0 Å². The maximum Gasteiger partial charge on any atom is 0.262 e. The summed E-state index contributed by atoms with van der Waals surface area (Å²) in [6.45, 7) is 7.72. The first-order valence-corrected chi connectivity index (χ1v) is 7.76. The van der Waals surface area contributed by atoms with Crippen molar-refractivity contribution in [3.8, 4) is 5.75 Å². The van der Waals surface area contributed by atoms with Crippen molar-refractivity contribution in [1.82, 2.24) is 14.6 Å². The summed E-state index contributed by atoms with van der Waals surface area (Å²) >= 11 is 0. The van der Waals surface area contributed by atoms with Crippen LogP contribution in [0.15, 0.2) is 30.5 Å². The van der Waals surface area contributed by atoms with E-state index in [2.05, 4.69) is 15.4 Å². The molecule has 6 nitrogen and oxygen atoms in total. The number of hydrogen-bond donors (Lipinski definition) is 1. The van der Waals surface area contributed by atoms with E-state index < -0.39 is 0 Å². The summed E-state index contributed by atoms with van der Waals surface area (Å²) in [6.07, 6.45) is 1.75. The molecule has 2 heterocycles. The van der Waals surface area contributed by atoms with Crippen LogP contribution in [0, 0.1) is 27.7 Å². The maximum absolute atomic E-state index is 12.2. The highest BCUT2D eigenvalue weighted by atomic mass is 16.5. The molecule has 0 aliphatic carbocycles. The predicted molar refractivity (Wildman–Crippen MR) is 92.5 cm³/mol. The van der Waals surface area contributed by atoms with Crippen LogP contribution in [0.5, 0.6) is 5.75 Å². The van der Waals surface area contributed by atoms with Crippen LogP contribution in [0.3, 0.4) is 0 Å². The minimum absolute atomic E-state index is 0.0439. The number of pyridine rings is 1. The molecule has 0 aliphatic rings. The van der Waals surface area contributed by atoms with E-state index in [0.717, 1.165) is 28.1 Å². The van der Waals surface area contributed by atoms with Crippen molar-refractivity contribution in [1.29, 1.82) is 0 Å². The number of carbonyl (C=O) groups excluding carboxylic acids is 1. The van der Waals surface area contributed by atoms with Crippen LogP contribution in [-0.2, 0) is 4.79 Å². The number of nitrogens with zero attached hydrogens (tertiary/aromatic N) is 3. The summed E-state index contributed by atoms with van der Waals surface area (Å²) in [5.41, 5.74) is 4.58. The van der Waals surface area contributed by atoms with Gasteiger partial charge in [-0.15, -0.1) is 0 Å². The second-order valence-electron chi connectivity index (χ2n) is 5.87. The zero-order valence-electron chi connectivity index (χ0n) is 14.3. The molecule has 2 aromatic heterocycles. The highest BCUT2D eigenvalue weighted by Crippen LogP contribution is 2.20. The summed E-state index contributed by atoms with van der Waals surface area (Å²) in [5, 5.41) is 7.12. The monoisotopic (exact) mass is 324 g/mol. The standard InChI is InChI=1S/C18H20N4O2/c1-11-6-5-7-16(13(11)3)24-10-17(23)20-15-8-12(2)18-19-14(4)21-22(18)9-15/h5-9H,10H2,1-4H3,(H,20,23). The number of fused-ring (bicyclic) bond motifs is 1. The second-order valence-corrected chi connectivity index (χ2v) is 5.87. The lowest BCUT2D eigenvalue weighted by Gasteiger charge is -2.11. The summed E-state index contributed by atoms with van der Waals surface area (Å²) in [5.74, 6) is 1.20. The number of hydrogen-bond acceptors (Lipinski definition) is 4. The van der Waals surface area contributed by atoms with Gasteiger partial charge in [-0.05, 0) is 56.5 Å². The van der Waals surface area contributed by atoms with Crippen LogP contribution in [0.4, 0.5) is 5.69 Å². The molecule has 0 radical (unpaired) electrons. The van der Waals surface area contributed by atoms with Gasteiger partial charge in [-0.2, -0.15) is 5.10 Å². The number of nitrogens with one attached hydrogen (secondary N) is 1. The van der Waals surface area contributed by atoms with E-state index >= 15 is 0 Å². The van der Waals surface area contributed by atoms with Crippen molar-refractivity contribution in [2.24, 2.45) is 0 Å². The molecule has 0 bridgehead atoms. The minimum atomic E-state index is -0.216. The summed E-state index contributed by atoms with van der Waals surface area (Å²) in [7, 11) is 0. The molecule has 6 heteroatoms. The smallest absolute Gasteiger partial charge is 0.262 e. The van der Waals surface area contributed by atoms with Crippen LogP contribution in [-0.4, -0.2) is 27.1 Å². The first-order valence-electron chi connectivity index (χ1n) is 7.76. The summed E-state index contributed by atoms with van der Waals surface area (Å²) in [4.78, 5) is 16.5. The predicted octanol–water partition coefficient (Wildman–Crippen LogP) is 2.98. The van der Waals surface area contributed by atoms with Crippen LogP contribution in [0.1, 0.15) is 22.5 Å². The first-order chi connectivity index (χ1) is 11.4. The van der Waals surface area contributed by atoms with E-state index in [4.69, 9.17) is 4.74 Å². The van der Waals surface area contributed by atoms with Gasteiger partial charge < -0.3 is 10.1 Å². The fourth-order valence-corrected chi connectivity index (χ4v) is 2.55. The number of rotatable bonds is 4. The van der Waals surface area contributed by atoms with E-state index in [1.165, 1.54) is 0 Å². The minimum Gasteiger partial charge on any atom is -0.483 e. The zero-order valence-corrected chi connectivity index (χ0v) is 14.3. The fourth-order valence-electron chi connectivity index (χ4n) is 2.55. The SMILES string of the molecule is Cc1nc2c(C)cc(NC(=O)COc3cccc(C)c3C)cn2n1. The number of anilines is 1. The van der Waals surface area contributed by atoms with Gasteiger partial charge in [0.15, 0.2) is 12.3 Å². The molecule has 0 unspecified atom stereocenters. The molecule has 1 amide bonds. The highest BCUT2D eigenvalue weighted by Gasteiger charge is 2.09. The zero-order chi connectivity index (χ0) is 17.3. The Balaban J connectivity index is 1.69. The Morgan fingerprint density at radius 2 is 2.00 bits per heavy atom. The van der Waals surface area contributed by atoms with Gasteiger partial charge in [0.25, 0.3) is 5.91 Å². The second kappa shape index (κ2) is 6.31. The number of aryl methyl sites for hydroxylation is 3. The third kappa shape index (κ3) is 3.22. The molecule has 0 atom stereocenters. The van der Waals surface area contributed by atoms with Gasteiger partial charge in [-0.1, -0.05) is 12.1 Å². The Hall–Kier alpha value is -2.89. The van der Waals surface area contributed by atoms with Crippen LogP contribution in [0.2, 0.25) is 0 Å². The van der Waals surface area contributed by atoms with Crippen molar-refractivity contribution in [3.63, 3.8) is 0 Å². The third-order valence-electron chi connectivity index (χ3n) is 3.92. The molecule has 0 saturated carbocycles. The topological polar surface area (TPSA) is 68.5 Å². The lowest BCUT2D eigenvalue weighted by atomic mass is 10.1. The molecule has 1 N–H and O–H groups in total. The molecule has 124 valence electrons. The molecule has 0 saturated heterocycles. The Bertz CT molecular complexity index is 915. The average Bonchev–Trinajstić information content (AvgIpc) is 2.90. The molecule has 24 heavy (non-hydrogen) atoms. The molecular weight excluding hydrogens is 304 g/mol. The number of ether oxygens (including phenoxy) is 1. The van der Waals surface area contributed by atoms with Gasteiger partial charge in [0, 0.05) is 0 Å². The van der Waals surface area contributed by atoms with Gasteiger partial charge in [0.1, 0.15) is 11.6 Å². The third-order valence-corrected chi connectivity index (χ3v) is 3.92. The quantitative estimate of drug-likeness (QED) is 0.801. The molecule has 3 rings (SSSR count). The Labute approximate surface area is 140 Å². The Morgan fingerprint density at radius 3 is 2.79 bits per heavy atom. The van der Waals surface area contributed by atoms with Crippen molar-refractivity contribution in [2.45, 2.75) is 27.7 Å². The molecule has 0 aliphatic heterocycles. The van der Waals surface area contributed by atoms with Crippen molar-refractivity contribution >= 4 is 17.2 Å². The van der Waals surface area contributed by atoms with Crippen LogP contribution in [0.25, 0.3) is 5.65 Å². The van der Waals surface area contributed by atoms with Crippen molar-refractivity contribution < 1.29 is 9.53 Å². The lowest BCUT2D eigenvalue weighted by Crippen LogP contribution is -2.20. The van der Waals surface area contributed by atoms with Gasteiger partial charge in [0.05, 0.1) is 11.9 Å². The molecule has 3 aromatic rings. The van der Waals surface area contributed by atoms with E-state index in [0.29, 0.717) is 11.5 Å². The molecule has 0 fully saturated rings. The van der Waals surface area contributed by atoms with E-state index in [9.17, 15) is 4.79 Å². The van der Waals surface area contributed by atoms with Crippen LogP contribution < -0.4 is 10.1 Å². The molecular formula is C18H20N4O2. The van der Waals surface area contributed by atoms with E-state index in [-0.39, 0.29) is 12.5 Å². The lowest BCUT2D eigenvalue weighted by molar-refractivity contribution is -0.118. The summed E-state index contributed by atoms with van der Waals surface area (Å²) in [6, 6.07) is 7.67. The van der Waals surface area contributed by atoms with Crippen molar-refractivity contribution in [2.75, 3.05) is 11.9 Å². The fraction of sp³-hybridized carbons (Fsp3) is 0.278. The van der Waals surface area contributed by atoms with Gasteiger partial charge in [0.2, 0.25) is 0 Å². The highest BCUT2D eigenvalue weighted by molar-refractivity contribution is 5.92. The summed E-state index contributed by atoms with van der Waals surface area (Å²) < 4.78 is 7.30. The molecule has 1 aromatic carbocycles. The average molecular weight is 324 g/mol. The Morgan fingerprint density at radius 1 is 1.21 bits per heavy atom. The Kier molecular flexibility index (Phi) is 4.20. The largest absolute Gasteiger partial charge is 0.483 e. The van der Waals surface area contributed by atoms with Crippen LogP contribution >= 0.6 is 0 Å². The van der Waals surface area contributed by atoms with Gasteiger partial charge in [-0.3, -0.25) is 4.79 Å². The molecule has 0 spiro atoms. The van der Waals surface area contributed by atoms with Gasteiger partial charge in [-0.25, -0.2) is 9.50 Å². The number of carbonyl (C=O) groups is 1. The maximum atomic E-state index is 12.2. The first kappa shape index (κ1) is 16.0. The van der Waals surface area contributed by atoms with Crippen molar-refractivity contribution in [3.05, 3.63) is 53.0 Å². The van der Waals surface area contributed by atoms with Gasteiger partial charge >= 0.3 is 0 Å². The van der Waals surface area contributed by atoms with E-state index in [1.54, 1.807) is 10.7 Å². The number of aromatic nitrogens is 3.